The van der Waals surface area contributed by atoms with Gasteiger partial charge in [0.2, 0.25) is 5.91 Å². The van der Waals surface area contributed by atoms with E-state index in [2.05, 4.69) is 15.6 Å². The summed E-state index contributed by atoms with van der Waals surface area (Å²) in [4.78, 5) is 26.2. The van der Waals surface area contributed by atoms with Crippen molar-refractivity contribution in [3.05, 3.63) is 34.4 Å². The van der Waals surface area contributed by atoms with E-state index in [4.69, 9.17) is 16.1 Å². The topological polar surface area (TPSA) is 93.3 Å². The largest absolute Gasteiger partial charge is 0.361 e. The molecule has 1 fully saturated rings. The van der Waals surface area contributed by atoms with Crippen molar-refractivity contribution in [1.29, 1.82) is 0 Å². The zero-order valence-electron chi connectivity index (χ0n) is 14.9. The monoisotopic (exact) mass is 379 g/mol. The molecule has 1 saturated heterocycles. The zero-order valence-corrected chi connectivity index (χ0v) is 15.6. The van der Waals surface area contributed by atoms with Crippen molar-refractivity contribution in [2.45, 2.75) is 26.2 Å². The number of likely N-dealkylation sites (tertiary alicyclic amines) is 1. The molecule has 0 saturated carbocycles. The molecule has 8 nitrogen and oxygen atoms in total. The lowest BCUT2D eigenvalue weighted by molar-refractivity contribution is -0.121. The lowest BCUT2D eigenvalue weighted by Crippen LogP contribution is -2.42. The number of hydrogen-bond acceptors (Lipinski definition) is 5. The molecule has 1 N–H and O–H groups in total. The minimum Gasteiger partial charge on any atom is -0.361 e. The summed E-state index contributed by atoms with van der Waals surface area (Å²) < 4.78 is 6.58. The van der Waals surface area contributed by atoms with Crippen LogP contribution in [0.1, 0.15) is 34.8 Å². The summed E-state index contributed by atoms with van der Waals surface area (Å²) in [5.41, 5.74) is 1.06. The van der Waals surface area contributed by atoms with E-state index in [0.29, 0.717) is 42.0 Å². The lowest BCUT2D eigenvalue weighted by Gasteiger charge is -2.31. The van der Waals surface area contributed by atoms with Crippen LogP contribution in [0.4, 0.5) is 0 Å². The van der Waals surface area contributed by atoms with E-state index in [0.717, 1.165) is 18.5 Å². The Labute approximate surface area is 156 Å². The van der Waals surface area contributed by atoms with E-state index in [-0.39, 0.29) is 18.2 Å². The fourth-order valence-electron chi connectivity index (χ4n) is 3.07. The highest BCUT2D eigenvalue weighted by atomic mass is 35.5. The number of piperidine rings is 1. The third kappa shape index (κ3) is 4.43. The average Bonchev–Trinajstić information content (AvgIpc) is 3.17. The quantitative estimate of drug-likeness (QED) is 0.851. The first-order chi connectivity index (χ1) is 12.4. The van der Waals surface area contributed by atoms with E-state index in [1.54, 1.807) is 24.2 Å². The average molecular weight is 380 g/mol. The second-order valence-corrected chi connectivity index (χ2v) is 7.06. The van der Waals surface area contributed by atoms with Gasteiger partial charge in [0.05, 0.1) is 17.1 Å². The highest BCUT2D eigenvalue weighted by molar-refractivity contribution is 6.33. The minimum absolute atomic E-state index is 0.0834. The maximum Gasteiger partial charge on any atom is 0.275 e. The molecule has 2 aromatic rings. The summed E-state index contributed by atoms with van der Waals surface area (Å²) in [5.74, 6) is 0.685. The summed E-state index contributed by atoms with van der Waals surface area (Å²) in [7, 11) is 1.73. The van der Waals surface area contributed by atoms with Gasteiger partial charge in [-0.3, -0.25) is 14.3 Å². The number of carbonyl (C=O) groups excluding carboxylic acids is 2. The van der Waals surface area contributed by atoms with Gasteiger partial charge in [-0.05, 0) is 25.7 Å². The SMILES string of the molecule is Cc1cc(CC(=O)NCC2CCN(C(=O)c3nn(C)cc3Cl)CC2)on1. The van der Waals surface area contributed by atoms with Gasteiger partial charge in [0.15, 0.2) is 5.69 Å². The molecule has 140 valence electrons. The molecule has 0 spiro atoms. The Morgan fingerprint density at radius 3 is 2.69 bits per heavy atom. The molecule has 1 aliphatic rings. The van der Waals surface area contributed by atoms with Gasteiger partial charge in [-0.2, -0.15) is 5.10 Å². The van der Waals surface area contributed by atoms with Gasteiger partial charge < -0.3 is 14.7 Å². The Balaban J connectivity index is 1.43. The van der Waals surface area contributed by atoms with E-state index in [1.807, 2.05) is 6.92 Å². The molecule has 0 unspecified atom stereocenters. The van der Waals surface area contributed by atoms with Crippen LogP contribution < -0.4 is 5.32 Å². The number of amides is 2. The van der Waals surface area contributed by atoms with Crippen LogP contribution in [0.25, 0.3) is 0 Å². The predicted molar refractivity (Wildman–Crippen MR) is 94.8 cm³/mol. The number of hydrogen-bond donors (Lipinski definition) is 1. The standard InChI is InChI=1S/C17H22ClN5O3/c1-11-7-13(26-21-11)8-15(24)19-9-12-3-5-23(6-4-12)17(25)16-14(18)10-22(2)20-16/h7,10,12H,3-6,8-9H2,1-2H3,(H,19,24). The van der Waals surface area contributed by atoms with Crippen molar-refractivity contribution < 1.29 is 14.1 Å². The first-order valence-electron chi connectivity index (χ1n) is 8.59. The van der Waals surface area contributed by atoms with Crippen molar-refractivity contribution in [2.75, 3.05) is 19.6 Å². The van der Waals surface area contributed by atoms with Crippen molar-refractivity contribution in [3.63, 3.8) is 0 Å². The summed E-state index contributed by atoms with van der Waals surface area (Å²) in [6, 6.07) is 1.76. The Bertz CT molecular complexity index is 792. The molecule has 9 heteroatoms. The third-order valence-electron chi connectivity index (χ3n) is 4.49. The Hall–Kier alpha value is -2.35. The molecule has 0 atom stereocenters. The highest BCUT2D eigenvalue weighted by Crippen LogP contribution is 2.21. The van der Waals surface area contributed by atoms with Gasteiger partial charge in [0, 0.05) is 38.9 Å². The first-order valence-corrected chi connectivity index (χ1v) is 8.97. The van der Waals surface area contributed by atoms with Crippen LogP contribution in [-0.4, -0.2) is 51.3 Å². The van der Waals surface area contributed by atoms with Gasteiger partial charge >= 0.3 is 0 Å². The summed E-state index contributed by atoms with van der Waals surface area (Å²) in [5, 5.41) is 11.2. The molecular formula is C17H22ClN5O3. The molecule has 2 aromatic heterocycles. The fraction of sp³-hybridized carbons (Fsp3) is 0.529. The summed E-state index contributed by atoms with van der Waals surface area (Å²) in [6.07, 6.45) is 3.47. The summed E-state index contributed by atoms with van der Waals surface area (Å²) in [6.45, 7) is 3.68. The zero-order chi connectivity index (χ0) is 18.7. The number of rotatable bonds is 5. The van der Waals surface area contributed by atoms with Crippen molar-refractivity contribution in [2.24, 2.45) is 13.0 Å². The van der Waals surface area contributed by atoms with E-state index < -0.39 is 0 Å². The Kier molecular flexibility index (Phi) is 5.61. The van der Waals surface area contributed by atoms with E-state index in [1.165, 1.54) is 4.68 Å². The van der Waals surface area contributed by atoms with Gasteiger partial charge in [-0.1, -0.05) is 16.8 Å². The maximum atomic E-state index is 12.5. The van der Waals surface area contributed by atoms with Crippen LogP contribution in [0.15, 0.2) is 16.8 Å². The molecule has 0 bridgehead atoms. The molecular weight excluding hydrogens is 358 g/mol. The molecule has 3 heterocycles. The van der Waals surface area contributed by atoms with Crippen LogP contribution >= 0.6 is 11.6 Å². The number of aromatic nitrogens is 3. The van der Waals surface area contributed by atoms with E-state index >= 15 is 0 Å². The predicted octanol–water partition coefficient (Wildman–Crippen LogP) is 1.58. The second kappa shape index (κ2) is 7.90. The maximum absolute atomic E-state index is 12.5. The number of halogens is 1. The van der Waals surface area contributed by atoms with Crippen LogP contribution in [0.5, 0.6) is 0 Å². The molecule has 0 aromatic carbocycles. The van der Waals surface area contributed by atoms with E-state index in [9.17, 15) is 9.59 Å². The van der Waals surface area contributed by atoms with Crippen LogP contribution in [-0.2, 0) is 18.3 Å². The van der Waals surface area contributed by atoms with Gasteiger partial charge in [-0.25, -0.2) is 0 Å². The molecule has 3 rings (SSSR count). The molecule has 1 aliphatic heterocycles. The first kappa shape index (κ1) is 18.4. The molecule has 0 radical (unpaired) electrons. The smallest absolute Gasteiger partial charge is 0.275 e. The van der Waals surface area contributed by atoms with Gasteiger partial charge in [0.1, 0.15) is 5.76 Å². The third-order valence-corrected chi connectivity index (χ3v) is 4.76. The van der Waals surface area contributed by atoms with Crippen molar-refractivity contribution in [3.8, 4) is 0 Å². The number of aryl methyl sites for hydroxylation is 2. The normalized spacial score (nSPS) is 15.3. The number of nitrogens with one attached hydrogen (secondary N) is 1. The van der Waals surface area contributed by atoms with Gasteiger partial charge in [0.25, 0.3) is 5.91 Å². The minimum atomic E-state index is -0.140. The number of carbonyl (C=O) groups is 2. The Morgan fingerprint density at radius 1 is 1.38 bits per heavy atom. The fourth-order valence-corrected chi connectivity index (χ4v) is 3.33. The highest BCUT2D eigenvalue weighted by Gasteiger charge is 2.26. The van der Waals surface area contributed by atoms with Crippen LogP contribution in [0.3, 0.4) is 0 Å². The number of nitrogens with zero attached hydrogens (tertiary/aromatic N) is 4. The molecule has 0 aliphatic carbocycles. The van der Waals surface area contributed by atoms with Gasteiger partial charge in [-0.15, -0.1) is 0 Å². The molecule has 2 amide bonds. The Morgan fingerprint density at radius 2 is 2.12 bits per heavy atom. The van der Waals surface area contributed by atoms with Crippen LogP contribution in [0, 0.1) is 12.8 Å². The second-order valence-electron chi connectivity index (χ2n) is 6.65. The lowest BCUT2D eigenvalue weighted by atomic mass is 9.96. The van der Waals surface area contributed by atoms with Crippen molar-refractivity contribution in [1.82, 2.24) is 25.2 Å². The van der Waals surface area contributed by atoms with Crippen molar-refractivity contribution >= 4 is 23.4 Å². The van der Waals surface area contributed by atoms with Crippen LogP contribution in [0.2, 0.25) is 5.02 Å². The summed E-state index contributed by atoms with van der Waals surface area (Å²) >= 11 is 6.05. The molecule has 26 heavy (non-hydrogen) atoms.